The molecule has 0 unspecified atom stereocenters. The molecule has 0 aliphatic heterocycles. The van der Waals surface area contributed by atoms with Gasteiger partial charge in [0, 0.05) is 19.8 Å². The van der Waals surface area contributed by atoms with Crippen molar-refractivity contribution in [2.45, 2.75) is 59.8 Å². The molecule has 0 rings (SSSR count). The summed E-state index contributed by atoms with van der Waals surface area (Å²) in [5, 5.41) is 0. The Morgan fingerprint density at radius 3 is 1.50 bits per heavy atom. The summed E-state index contributed by atoms with van der Waals surface area (Å²) >= 11 is 0. The van der Waals surface area contributed by atoms with Crippen LogP contribution in [0.4, 0.5) is 0 Å². The summed E-state index contributed by atoms with van der Waals surface area (Å²) in [4.78, 5) is 0. The highest BCUT2D eigenvalue weighted by Crippen LogP contribution is 2.14. The molecule has 0 spiro atoms. The molecule has 18 heavy (non-hydrogen) atoms. The first-order chi connectivity index (χ1) is 8.74. The smallest absolute Gasteiger partial charge is 0.370 e. The number of rotatable bonds is 12. The van der Waals surface area contributed by atoms with E-state index in [9.17, 15) is 0 Å². The molecule has 0 N–H and O–H groups in total. The molecule has 0 radical (unpaired) electrons. The van der Waals surface area contributed by atoms with Gasteiger partial charge in [-0.2, -0.15) is 0 Å². The van der Waals surface area contributed by atoms with Gasteiger partial charge < -0.3 is 13.3 Å². The third-order valence-corrected chi connectivity index (χ3v) is 4.76. The van der Waals surface area contributed by atoms with Crippen molar-refractivity contribution < 1.29 is 13.3 Å². The maximum atomic E-state index is 5.94. The van der Waals surface area contributed by atoms with E-state index in [1.165, 1.54) is 0 Å². The second-order valence-electron chi connectivity index (χ2n) is 4.34. The van der Waals surface area contributed by atoms with Crippen molar-refractivity contribution in [3.63, 3.8) is 0 Å². The first kappa shape index (κ1) is 17.8. The Morgan fingerprint density at radius 2 is 1.17 bits per heavy atom. The zero-order valence-corrected chi connectivity index (χ0v) is 13.5. The van der Waals surface area contributed by atoms with Crippen molar-refractivity contribution in [3.8, 4) is 0 Å². The molecule has 0 fully saturated rings. The van der Waals surface area contributed by atoms with Crippen LogP contribution in [0.3, 0.4) is 0 Å². The van der Waals surface area contributed by atoms with Crippen molar-refractivity contribution >= 4 is 8.80 Å². The fourth-order valence-corrected chi connectivity index (χ4v) is 3.86. The van der Waals surface area contributed by atoms with Crippen LogP contribution in [0.2, 0.25) is 0 Å². The predicted molar refractivity (Wildman–Crippen MR) is 78.5 cm³/mol. The van der Waals surface area contributed by atoms with Gasteiger partial charge in [0.1, 0.15) is 0 Å². The molecule has 0 aromatic heterocycles. The molecular formula is C14H30O3Si. The number of unbranched alkanes of at least 4 members (excludes halogenated alkanes) is 1. The van der Waals surface area contributed by atoms with Gasteiger partial charge in [0.2, 0.25) is 0 Å². The van der Waals surface area contributed by atoms with E-state index < -0.39 is 8.80 Å². The summed E-state index contributed by atoms with van der Waals surface area (Å²) in [5.41, 5.74) is 2.07. The normalized spacial score (nSPS) is 12.4. The SMILES string of the molecule is CCCC=C[Si](OCCC)(OCCC)OCCC. The molecule has 0 saturated heterocycles. The first-order valence-corrected chi connectivity index (χ1v) is 9.14. The van der Waals surface area contributed by atoms with Gasteiger partial charge in [-0.1, -0.05) is 40.2 Å². The van der Waals surface area contributed by atoms with Gasteiger partial charge in [0.25, 0.3) is 0 Å². The average molecular weight is 274 g/mol. The Bertz CT molecular complexity index is 185. The highest BCUT2D eigenvalue weighted by Gasteiger charge is 2.37. The van der Waals surface area contributed by atoms with Crippen LogP contribution in [0.15, 0.2) is 11.8 Å². The highest BCUT2D eigenvalue weighted by molar-refractivity contribution is 6.66. The second kappa shape index (κ2) is 11.9. The average Bonchev–Trinajstić information content (AvgIpc) is 2.40. The van der Waals surface area contributed by atoms with Crippen LogP contribution in [0, 0.1) is 0 Å². The Hall–Kier alpha value is -0.163. The fourth-order valence-electron chi connectivity index (χ4n) is 1.40. The maximum absolute atomic E-state index is 5.94. The third-order valence-electron chi connectivity index (χ3n) is 2.30. The molecule has 3 nitrogen and oxygen atoms in total. The standard InChI is InChI=1S/C14H30O3Si/c1-5-9-10-14-18(15-11-6-2,16-12-7-3)17-13-8-4/h10,14H,5-9,11-13H2,1-4H3. The zero-order valence-electron chi connectivity index (χ0n) is 12.5. The van der Waals surface area contributed by atoms with E-state index in [0.29, 0.717) is 19.8 Å². The van der Waals surface area contributed by atoms with Gasteiger partial charge in [-0.25, -0.2) is 0 Å². The highest BCUT2D eigenvalue weighted by atomic mass is 28.4. The number of hydrogen-bond donors (Lipinski definition) is 0. The lowest BCUT2D eigenvalue weighted by Gasteiger charge is -2.26. The van der Waals surface area contributed by atoms with Gasteiger partial charge in [0.15, 0.2) is 0 Å². The molecule has 0 aliphatic rings. The molecular weight excluding hydrogens is 244 g/mol. The van der Waals surface area contributed by atoms with Gasteiger partial charge in [-0.15, -0.1) is 0 Å². The van der Waals surface area contributed by atoms with Crippen molar-refractivity contribution in [1.82, 2.24) is 0 Å². The Kier molecular flexibility index (Phi) is 11.8. The van der Waals surface area contributed by atoms with E-state index in [0.717, 1.165) is 32.1 Å². The summed E-state index contributed by atoms with van der Waals surface area (Å²) < 4.78 is 17.8. The van der Waals surface area contributed by atoms with Crippen molar-refractivity contribution in [2.75, 3.05) is 19.8 Å². The van der Waals surface area contributed by atoms with E-state index in [1.54, 1.807) is 0 Å². The Labute approximate surface area is 114 Å². The van der Waals surface area contributed by atoms with Gasteiger partial charge >= 0.3 is 8.80 Å². The van der Waals surface area contributed by atoms with Gasteiger partial charge in [0.05, 0.1) is 0 Å². The van der Waals surface area contributed by atoms with Crippen LogP contribution >= 0.6 is 0 Å². The van der Waals surface area contributed by atoms with Crippen molar-refractivity contribution in [2.24, 2.45) is 0 Å². The molecule has 0 amide bonds. The molecule has 4 heteroatoms. The Morgan fingerprint density at radius 1 is 0.722 bits per heavy atom. The summed E-state index contributed by atoms with van der Waals surface area (Å²) in [6.45, 7) is 10.6. The second-order valence-corrected chi connectivity index (χ2v) is 6.75. The zero-order chi connectivity index (χ0) is 13.7. The quantitative estimate of drug-likeness (QED) is 0.501. The van der Waals surface area contributed by atoms with Crippen LogP contribution < -0.4 is 0 Å². The van der Waals surface area contributed by atoms with Crippen LogP contribution in [-0.2, 0) is 13.3 Å². The topological polar surface area (TPSA) is 27.7 Å². The largest absolute Gasteiger partial charge is 0.529 e. The minimum absolute atomic E-state index is 0.704. The summed E-state index contributed by atoms with van der Waals surface area (Å²) in [6, 6.07) is 0. The van der Waals surface area contributed by atoms with E-state index in [-0.39, 0.29) is 0 Å². The first-order valence-electron chi connectivity index (χ1n) is 7.34. The Balaban J connectivity index is 4.61. The van der Waals surface area contributed by atoms with Crippen LogP contribution in [0.1, 0.15) is 59.8 Å². The molecule has 0 heterocycles. The molecule has 108 valence electrons. The summed E-state index contributed by atoms with van der Waals surface area (Å²) in [6.07, 6.45) is 7.29. The lowest BCUT2D eigenvalue weighted by molar-refractivity contribution is 0.0715. The lowest BCUT2D eigenvalue weighted by atomic mass is 10.3. The minimum Gasteiger partial charge on any atom is -0.370 e. The van der Waals surface area contributed by atoms with Gasteiger partial charge in [-0.05, 0) is 31.4 Å². The van der Waals surface area contributed by atoms with Crippen LogP contribution in [0.5, 0.6) is 0 Å². The lowest BCUT2D eigenvalue weighted by Crippen LogP contribution is -2.45. The number of allylic oxidation sites excluding steroid dienone is 1. The predicted octanol–water partition coefficient (Wildman–Crippen LogP) is 4.10. The van der Waals surface area contributed by atoms with Crippen molar-refractivity contribution in [3.05, 3.63) is 11.8 Å². The molecule has 0 aliphatic carbocycles. The minimum atomic E-state index is -2.58. The monoisotopic (exact) mass is 274 g/mol. The van der Waals surface area contributed by atoms with E-state index in [2.05, 4.69) is 39.5 Å². The number of hydrogen-bond acceptors (Lipinski definition) is 3. The molecule has 0 aromatic carbocycles. The van der Waals surface area contributed by atoms with Crippen molar-refractivity contribution in [1.29, 1.82) is 0 Å². The fraction of sp³-hybridized carbons (Fsp3) is 0.857. The van der Waals surface area contributed by atoms with E-state index in [1.807, 2.05) is 0 Å². The van der Waals surface area contributed by atoms with Gasteiger partial charge in [-0.3, -0.25) is 0 Å². The van der Waals surface area contributed by atoms with Crippen LogP contribution in [0.25, 0.3) is 0 Å². The van der Waals surface area contributed by atoms with E-state index in [4.69, 9.17) is 13.3 Å². The van der Waals surface area contributed by atoms with E-state index >= 15 is 0 Å². The molecule has 0 atom stereocenters. The maximum Gasteiger partial charge on any atom is 0.529 e. The molecule has 0 aromatic rings. The molecule has 0 saturated carbocycles. The molecule has 0 bridgehead atoms. The summed E-state index contributed by atoms with van der Waals surface area (Å²) in [5.74, 6) is 0. The third kappa shape index (κ3) is 8.03. The summed E-state index contributed by atoms with van der Waals surface area (Å²) in [7, 11) is -2.58. The van der Waals surface area contributed by atoms with Crippen LogP contribution in [-0.4, -0.2) is 28.6 Å².